The van der Waals surface area contributed by atoms with Crippen molar-refractivity contribution in [3.05, 3.63) is 74.3 Å². The van der Waals surface area contributed by atoms with E-state index in [1.807, 2.05) is 0 Å². The third-order valence-corrected chi connectivity index (χ3v) is 3.41. The van der Waals surface area contributed by atoms with Gasteiger partial charge in [-0.25, -0.2) is 4.79 Å². The zero-order chi connectivity index (χ0) is 16.8. The fourth-order valence-electron chi connectivity index (χ4n) is 1.82. The fourth-order valence-corrected chi connectivity index (χ4v) is 2.20. The molecule has 0 heterocycles. The first-order valence-corrected chi connectivity index (χ1v) is 7.31. The Labute approximate surface area is 140 Å². The molecule has 0 unspecified atom stereocenters. The van der Waals surface area contributed by atoms with Crippen LogP contribution in [0.25, 0.3) is 6.08 Å². The highest BCUT2D eigenvalue weighted by Gasteiger charge is 2.06. The molecule has 6 nitrogen and oxygen atoms in total. The van der Waals surface area contributed by atoms with Gasteiger partial charge in [0.1, 0.15) is 12.4 Å². The minimum Gasteiger partial charge on any atom is -0.488 e. The normalized spacial score (nSPS) is 10.7. The summed E-state index contributed by atoms with van der Waals surface area (Å²) in [6, 6.07) is 11.3. The Balaban J connectivity index is 2.13. The molecule has 0 amide bonds. The van der Waals surface area contributed by atoms with Crippen LogP contribution in [0.2, 0.25) is 0 Å². The van der Waals surface area contributed by atoms with Crippen molar-refractivity contribution < 1.29 is 19.6 Å². The molecule has 7 heteroatoms. The predicted octanol–water partition coefficient (Wildman–Crippen LogP) is 4.03. The lowest BCUT2D eigenvalue weighted by atomic mass is 10.2. The predicted molar refractivity (Wildman–Crippen MR) is 88.2 cm³/mol. The van der Waals surface area contributed by atoms with Gasteiger partial charge in [0.05, 0.1) is 4.92 Å². The third kappa shape index (κ3) is 4.93. The van der Waals surface area contributed by atoms with E-state index in [1.165, 1.54) is 18.2 Å². The molecule has 2 aromatic carbocycles. The quantitative estimate of drug-likeness (QED) is 0.466. The molecule has 0 atom stereocenters. The number of nitrogens with zero attached hydrogens (tertiary/aromatic N) is 1. The zero-order valence-electron chi connectivity index (χ0n) is 11.8. The van der Waals surface area contributed by atoms with Crippen molar-refractivity contribution in [3.63, 3.8) is 0 Å². The molecule has 0 bridgehead atoms. The van der Waals surface area contributed by atoms with Crippen LogP contribution in [0.3, 0.4) is 0 Å². The second-order valence-corrected chi connectivity index (χ2v) is 5.48. The van der Waals surface area contributed by atoms with Gasteiger partial charge >= 0.3 is 5.97 Å². The summed E-state index contributed by atoms with van der Waals surface area (Å²) < 4.78 is 6.47. The molecule has 0 aliphatic heterocycles. The molecule has 1 N–H and O–H groups in total. The molecule has 0 radical (unpaired) electrons. The van der Waals surface area contributed by atoms with Crippen LogP contribution in [0.5, 0.6) is 5.75 Å². The largest absolute Gasteiger partial charge is 0.488 e. The minimum atomic E-state index is -1.05. The van der Waals surface area contributed by atoms with Gasteiger partial charge in [-0.05, 0) is 42.0 Å². The van der Waals surface area contributed by atoms with Gasteiger partial charge in [-0.1, -0.05) is 15.9 Å². The Morgan fingerprint density at radius 1 is 1.26 bits per heavy atom. The lowest BCUT2D eigenvalue weighted by molar-refractivity contribution is -0.384. The molecular weight excluding hydrogens is 366 g/mol. The third-order valence-electron chi connectivity index (χ3n) is 2.92. The van der Waals surface area contributed by atoms with Crippen LogP contribution in [0.4, 0.5) is 5.69 Å². The first kappa shape index (κ1) is 16.7. The topological polar surface area (TPSA) is 89.7 Å². The summed E-state index contributed by atoms with van der Waals surface area (Å²) in [5.74, 6) is -0.532. The Hall–Kier alpha value is -2.67. The number of nitro benzene ring substituents is 1. The van der Waals surface area contributed by atoms with Gasteiger partial charge in [-0.3, -0.25) is 10.1 Å². The smallest absolute Gasteiger partial charge is 0.328 e. The van der Waals surface area contributed by atoms with Crippen molar-refractivity contribution in [1.29, 1.82) is 0 Å². The number of nitro groups is 1. The summed E-state index contributed by atoms with van der Waals surface area (Å²) in [5.41, 5.74) is 1.40. The fraction of sp³-hybridized carbons (Fsp3) is 0.0625. The van der Waals surface area contributed by atoms with E-state index < -0.39 is 10.9 Å². The van der Waals surface area contributed by atoms with E-state index in [0.29, 0.717) is 11.3 Å². The number of carboxylic acids is 1. The molecule has 23 heavy (non-hydrogen) atoms. The lowest BCUT2D eigenvalue weighted by Crippen LogP contribution is -1.98. The maximum Gasteiger partial charge on any atom is 0.328 e. The molecule has 0 aliphatic carbocycles. The molecule has 0 saturated heterocycles. The molecule has 0 spiro atoms. The van der Waals surface area contributed by atoms with Crippen LogP contribution in [0.1, 0.15) is 11.1 Å². The lowest BCUT2D eigenvalue weighted by Gasteiger charge is -2.10. The Morgan fingerprint density at radius 3 is 2.57 bits per heavy atom. The Morgan fingerprint density at radius 2 is 1.96 bits per heavy atom. The van der Waals surface area contributed by atoms with Crippen molar-refractivity contribution in [3.8, 4) is 5.75 Å². The molecule has 0 saturated carbocycles. The molecule has 0 aromatic heterocycles. The van der Waals surface area contributed by atoms with Gasteiger partial charge in [-0.15, -0.1) is 0 Å². The van der Waals surface area contributed by atoms with Crippen molar-refractivity contribution in [2.24, 2.45) is 0 Å². The zero-order valence-corrected chi connectivity index (χ0v) is 13.4. The van der Waals surface area contributed by atoms with E-state index in [-0.39, 0.29) is 12.3 Å². The molecule has 0 aliphatic rings. The molecule has 2 rings (SSSR count). The number of benzene rings is 2. The van der Waals surface area contributed by atoms with Crippen molar-refractivity contribution >= 4 is 33.7 Å². The van der Waals surface area contributed by atoms with Gasteiger partial charge < -0.3 is 9.84 Å². The highest BCUT2D eigenvalue weighted by atomic mass is 79.9. The summed E-state index contributed by atoms with van der Waals surface area (Å²) in [4.78, 5) is 20.8. The number of hydrogen-bond acceptors (Lipinski definition) is 4. The van der Waals surface area contributed by atoms with E-state index in [0.717, 1.165) is 16.1 Å². The number of non-ortho nitro benzene ring substituents is 1. The maximum absolute atomic E-state index is 10.6. The standard InChI is InChI=1S/C16H12BrNO5/c17-13-4-7-15(12(9-13)3-8-16(19)20)23-10-11-1-5-14(6-2-11)18(21)22/h1-9H,10H2,(H,19,20)/b8-3+. The van der Waals surface area contributed by atoms with Gasteiger partial charge in [0.15, 0.2) is 0 Å². The van der Waals surface area contributed by atoms with E-state index >= 15 is 0 Å². The number of rotatable bonds is 6. The number of halogens is 1. The van der Waals surface area contributed by atoms with Gasteiger partial charge in [0, 0.05) is 28.2 Å². The summed E-state index contributed by atoms with van der Waals surface area (Å²) >= 11 is 3.32. The molecular formula is C16H12BrNO5. The summed E-state index contributed by atoms with van der Waals surface area (Å²) in [5, 5.41) is 19.3. The van der Waals surface area contributed by atoms with Crippen LogP contribution in [0, 0.1) is 10.1 Å². The molecule has 2 aromatic rings. The first-order valence-electron chi connectivity index (χ1n) is 6.52. The van der Waals surface area contributed by atoms with Crippen LogP contribution < -0.4 is 4.74 Å². The minimum absolute atomic E-state index is 0.0162. The number of carbonyl (C=O) groups is 1. The van der Waals surface area contributed by atoms with Gasteiger partial charge in [0.2, 0.25) is 0 Å². The second kappa shape index (κ2) is 7.55. The monoisotopic (exact) mass is 377 g/mol. The van der Waals surface area contributed by atoms with E-state index in [9.17, 15) is 14.9 Å². The van der Waals surface area contributed by atoms with Gasteiger partial charge in [-0.2, -0.15) is 0 Å². The van der Waals surface area contributed by atoms with Crippen LogP contribution in [-0.4, -0.2) is 16.0 Å². The van der Waals surface area contributed by atoms with Crippen LogP contribution in [0.15, 0.2) is 53.0 Å². The molecule has 0 fully saturated rings. The van der Waals surface area contributed by atoms with E-state index in [4.69, 9.17) is 9.84 Å². The number of hydrogen-bond donors (Lipinski definition) is 1. The van der Waals surface area contributed by atoms with E-state index in [1.54, 1.807) is 30.3 Å². The first-order chi connectivity index (χ1) is 11.0. The number of carboxylic acid groups (broad SMARTS) is 1. The highest BCUT2D eigenvalue weighted by molar-refractivity contribution is 9.10. The molecule has 118 valence electrons. The summed E-state index contributed by atoms with van der Waals surface area (Å²) in [7, 11) is 0. The van der Waals surface area contributed by atoms with E-state index in [2.05, 4.69) is 15.9 Å². The van der Waals surface area contributed by atoms with Crippen molar-refractivity contribution in [2.75, 3.05) is 0 Å². The Bertz CT molecular complexity index is 756. The summed E-state index contributed by atoms with van der Waals surface area (Å²) in [6.45, 7) is 0.216. The van der Waals surface area contributed by atoms with Gasteiger partial charge in [0.25, 0.3) is 5.69 Å². The average molecular weight is 378 g/mol. The SMILES string of the molecule is O=C(O)/C=C/c1cc(Br)ccc1OCc1ccc([N+](=O)[O-])cc1. The van der Waals surface area contributed by atoms with Crippen LogP contribution >= 0.6 is 15.9 Å². The maximum atomic E-state index is 10.6. The number of ether oxygens (including phenoxy) is 1. The number of aliphatic carboxylic acids is 1. The van der Waals surface area contributed by atoms with Crippen molar-refractivity contribution in [2.45, 2.75) is 6.61 Å². The van der Waals surface area contributed by atoms with Crippen molar-refractivity contribution in [1.82, 2.24) is 0 Å². The highest BCUT2D eigenvalue weighted by Crippen LogP contribution is 2.25. The Kier molecular flexibility index (Phi) is 5.48. The second-order valence-electron chi connectivity index (χ2n) is 4.57. The van der Waals surface area contributed by atoms with Crippen LogP contribution in [-0.2, 0) is 11.4 Å². The summed E-state index contributed by atoms with van der Waals surface area (Å²) in [6.07, 6.45) is 2.47. The average Bonchev–Trinajstić information content (AvgIpc) is 2.52.